The molecule has 0 aliphatic carbocycles. The molecule has 28 heteroatoms. The van der Waals surface area contributed by atoms with Gasteiger partial charge in [0.25, 0.3) is 0 Å². The Balaban J connectivity index is -0.0000000290. The number of rotatable bonds is 0. The van der Waals surface area contributed by atoms with Gasteiger partial charge in [0.05, 0.1) is 39.1 Å². The summed E-state index contributed by atoms with van der Waals surface area (Å²) in [6.45, 7) is 0. The van der Waals surface area contributed by atoms with E-state index < -0.39 is 39.1 Å². The van der Waals surface area contributed by atoms with Gasteiger partial charge in [-0.05, 0) is 0 Å². The first-order chi connectivity index (χ1) is 10.0. The predicted molar refractivity (Wildman–Crippen MR) is 52.7 cm³/mol. The van der Waals surface area contributed by atoms with E-state index in [-0.39, 0.29) is 42.6 Å². The molecule has 178 valence electrons. The van der Waals surface area contributed by atoms with Crippen molar-refractivity contribution in [3.05, 3.63) is 0 Å². The SMILES string of the molecule is O.O=P([O-])([O-])O.O=P([O-])([O-])O.O=P([O-])([O-])O.O=P([O-])([O-])O.O=P([O-])([O-])O.[V].[V]. The summed E-state index contributed by atoms with van der Waals surface area (Å²) in [5.41, 5.74) is 0. The van der Waals surface area contributed by atoms with Gasteiger partial charge in [-0.3, -0.25) is 0 Å². The second kappa shape index (κ2) is 21.9. The van der Waals surface area contributed by atoms with E-state index in [2.05, 4.69) is 0 Å². The molecule has 0 spiro atoms. The van der Waals surface area contributed by atoms with Crippen LogP contribution in [0.4, 0.5) is 0 Å². The monoisotopic (exact) mass is 600 g/mol. The summed E-state index contributed by atoms with van der Waals surface area (Å²) in [5, 5.41) is 0. The fourth-order valence-corrected chi connectivity index (χ4v) is 0. The van der Waals surface area contributed by atoms with Gasteiger partial charge >= 0.3 is 0 Å². The van der Waals surface area contributed by atoms with Gasteiger partial charge in [0.2, 0.25) is 0 Å². The average molecular weight is 600 g/mol. The number of phosphoric acid groups is 5. The molecule has 2 radical (unpaired) electrons. The van der Waals surface area contributed by atoms with Crippen molar-refractivity contribution in [2.45, 2.75) is 0 Å². The van der Waals surface area contributed by atoms with Gasteiger partial charge in [-0.25, -0.2) is 0 Å². The summed E-state index contributed by atoms with van der Waals surface area (Å²) in [6, 6.07) is 0. The van der Waals surface area contributed by atoms with Crippen LogP contribution < -0.4 is 48.9 Å². The first-order valence-electron chi connectivity index (χ1n) is 3.74. The molecule has 0 aromatic carbocycles. The molecule has 0 aromatic rings. The second-order valence-electron chi connectivity index (χ2n) is 2.34. The van der Waals surface area contributed by atoms with Gasteiger partial charge in [-0.2, -0.15) is 0 Å². The Morgan fingerprint density at radius 3 is 0.357 bits per heavy atom. The van der Waals surface area contributed by atoms with E-state index >= 15 is 0 Å². The summed E-state index contributed by atoms with van der Waals surface area (Å²) >= 11 is 0. The van der Waals surface area contributed by atoms with E-state index in [1.807, 2.05) is 0 Å². The number of hydrogen-bond donors (Lipinski definition) is 5. The van der Waals surface area contributed by atoms with Crippen molar-refractivity contribution in [2.75, 3.05) is 0 Å². The van der Waals surface area contributed by atoms with Crippen LogP contribution in [0.5, 0.6) is 0 Å². The standard InChI is InChI=1S/5H3O4P.H2O.2V/c5*1-5(2,3)4;;;/h5*(H3,1,2,3,4);1H2;;/p-10. The Labute approximate surface area is 178 Å². The van der Waals surface area contributed by atoms with Gasteiger partial charge in [0.1, 0.15) is 0 Å². The Morgan fingerprint density at radius 1 is 0.357 bits per heavy atom. The Morgan fingerprint density at radius 2 is 0.357 bits per heavy atom. The fourth-order valence-electron chi connectivity index (χ4n) is 0. The fraction of sp³-hybridized carbons (Fsp3) is 0. The normalized spacial score (nSPS) is 10.5. The van der Waals surface area contributed by atoms with Gasteiger partial charge in [-0.1, -0.05) is 0 Å². The minimum atomic E-state index is -5.14. The maximum Gasteiger partial charge on any atom is 0.0557 e. The molecule has 0 saturated carbocycles. The zero-order valence-electron chi connectivity index (χ0n) is 12.0. The van der Waals surface area contributed by atoms with Crippen LogP contribution in [0.25, 0.3) is 0 Å². The molecule has 0 heterocycles. The molecule has 21 nitrogen and oxygen atoms in total. The van der Waals surface area contributed by atoms with E-state index in [0.717, 1.165) is 0 Å². The van der Waals surface area contributed by atoms with Crippen LogP contribution in [0.2, 0.25) is 0 Å². The molecule has 0 aromatic heterocycles. The quantitative estimate of drug-likeness (QED) is 0.161. The summed E-state index contributed by atoms with van der Waals surface area (Å²) in [7, 11) is -25.7. The minimum Gasteiger partial charge on any atom is -0.790 e. The van der Waals surface area contributed by atoms with Gasteiger partial charge in [0, 0.05) is 37.1 Å². The van der Waals surface area contributed by atoms with Crippen molar-refractivity contribution >= 4 is 39.1 Å². The second-order valence-corrected chi connectivity index (χ2v) is 7.03. The van der Waals surface area contributed by atoms with Gasteiger partial charge in [0.15, 0.2) is 0 Å². The van der Waals surface area contributed by atoms with E-state index in [1.54, 1.807) is 0 Å². The molecule has 0 aliphatic heterocycles. The van der Waals surface area contributed by atoms with Crippen molar-refractivity contribution in [3.8, 4) is 0 Å². The van der Waals surface area contributed by atoms with Crippen LogP contribution in [-0.2, 0) is 59.9 Å². The minimum absolute atomic E-state index is 0. The molecule has 0 amide bonds. The molecule has 0 atom stereocenters. The van der Waals surface area contributed by atoms with E-state index in [4.69, 9.17) is 96.2 Å². The van der Waals surface area contributed by atoms with Crippen LogP contribution in [0, 0.1) is 0 Å². The molecule has 0 unspecified atom stereocenters. The molecule has 0 rings (SSSR count). The summed E-state index contributed by atoms with van der Waals surface area (Å²) in [5.74, 6) is 0. The summed E-state index contributed by atoms with van der Waals surface area (Å²) < 4.78 is 43.3. The maximum atomic E-state index is 8.66. The van der Waals surface area contributed by atoms with Crippen molar-refractivity contribution in [1.82, 2.24) is 0 Å². The molecule has 0 bridgehead atoms. The third kappa shape index (κ3) is 6990. The first kappa shape index (κ1) is 51.9. The number of hydrogen-bond acceptors (Lipinski definition) is 15. The third-order valence-corrected chi connectivity index (χ3v) is 0. The molecule has 28 heavy (non-hydrogen) atoms. The van der Waals surface area contributed by atoms with Crippen molar-refractivity contribution in [1.29, 1.82) is 0 Å². The van der Waals surface area contributed by atoms with Crippen LogP contribution in [0.15, 0.2) is 0 Å². The third-order valence-electron chi connectivity index (χ3n) is 0. The summed E-state index contributed by atoms with van der Waals surface area (Å²) in [4.78, 5) is 121. The molecular weight excluding hydrogens is 593 g/mol. The molecule has 7 N–H and O–H groups in total. The molecule has 0 fully saturated rings. The maximum absolute atomic E-state index is 8.66. The Hall–Kier alpha value is 1.68. The van der Waals surface area contributed by atoms with Crippen LogP contribution in [0.1, 0.15) is 0 Å². The van der Waals surface area contributed by atoms with Crippen LogP contribution in [-0.4, -0.2) is 29.9 Å². The predicted octanol–water partition coefficient (Wildman–Crippen LogP) is -11.8. The van der Waals surface area contributed by atoms with E-state index in [9.17, 15) is 0 Å². The zero-order chi connectivity index (χ0) is 22.5. The van der Waals surface area contributed by atoms with E-state index in [0.29, 0.717) is 0 Å². The van der Waals surface area contributed by atoms with Crippen molar-refractivity contribution < 1.29 is 139 Å². The van der Waals surface area contributed by atoms with Gasteiger partial charge < -0.3 is 102 Å². The zero-order valence-corrected chi connectivity index (χ0v) is 19.3. The molecule has 0 saturated heterocycles. The van der Waals surface area contributed by atoms with Gasteiger partial charge in [-0.15, -0.1) is 0 Å². The molecular formula is H7O21P5V2-10. The average Bonchev–Trinajstić information content (AvgIpc) is 1.79. The van der Waals surface area contributed by atoms with Crippen molar-refractivity contribution in [2.24, 2.45) is 0 Å². The Kier molecular flexibility index (Phi) is 40.6. The molecule has 0 aliphatic rings. The van der Waals surface area contributed by atoms with Crippen LogP contribution >= 0.6 is 39.1 Å². The Bertz CT molecular complexity index is 376. The smallest absolute Gasteiger partial charge is 0.0557 e. The summed E-state index contributed by atoms with van der Waals surface area (Å²) in [6.07, 6.45) is 0. The van der Waals surface area contributed by atoms with Crippen molar-refractivity contribution in [3.63, 3.8) is 0 Å². The topological polar surface area (TPSA) is 449 Å². The van der Waals surface area contributed by atoms with Crippen LogP contribution in [0.3, 0.4) is 0 Å². The van der Waals surface area contributed by atoms with E-state index in [1.165, 1.54) is 0 Å². The largest absolute Gasteiger partial charge is 0.790 e. The first-order valence-corrected chi connectivity index (χ1v) is 11.2.